The average molecular weight is 414 g/mol. The fraction of sp³-hybridized carbons (Fsp3) is 0.158. The third-order valence-corrected chi connectivity index (χ3v) is 5.11. The van der Waals surface area contributed by atoms with Gasteiger partial charge in [0.2, 0.25) is 0 Å². The van der Waals surface area contributed by atoms with Gasteiger partial charge >= 0.3 is 0 Å². The number of nitrogens with zero attached hydrogens (tertiary/aromatic N) is 4. The molecule has 3 heterocycles. The van der Waals surface area contributed by atoms with E-state index in [9.17, 15) is 13.6 Å². The average Bonchev–Trinajstić information content (AvgIpc) is 3.39. The number of hydrogen-bond acceptors (Lipinski definition) is 6. The molecule has 0 atom stereocenters. The van der Waals surface area contributed by atoms with Crippen molar-refractivity contribution in [2.75, 3.05) is 11.9 Å². The van der Waals surface area contributed by atoms with E-state index >= 15 is 0 Å². The van der Waals surface area contributed by atoms with Crippen molar-refractivity contribution in [3.63, 3.8) is 0 Å². The van der Waals surface area contributed by atoms with E-state index in [2.05, 4.69) is 25.7 Å². The second-order valence-corrected chi connectivity index (χ2v) is 7.18. The maximum atomic E-state index is 13.3. The number of anilines is 1. The van der Waals surface area contributed by atoms with Gasteiger partial charge in [0.25, 0.3) is 5.91 Å². The Morgan fingerprint density at radius 2 is 2.07 bits per heavy atom. The van der Waals surface area contributed by atoms with Crippen LogP contribution in [-0.4, -0.2) is 32.2 Å². The number of halogens is 2. The molecule has 4 aromatic rings. The maximum Gasteiger partial charge on any atom is 0.251 e. The Kier molecular flexibility index (Phi) is 5.43. The molecule has 2 N–H and O–H groups in total. The van der Waals surface area contributed by atoms with E-state index in [4.69, 9.17) is 0 Å². The second-order valence-electron chi connectivity index (χ2n) is 6.14. The standard InChI is InChI=1S/C19H16F2N6OS/c20-15-4-3-12(8-16(15)21)19(28)22-5-6-27-18-14(10-26-27)17(24-11-25-18)23-9-13-2-1-7-29-13/h1-4,7-8,10-11H,5-6,9H2,(H,22,28)(H,23,24,25). The summed E-state index contributed by atoms with van der Waals surface area (Å²) in [4.78, 5) is 21.8. The van der Waals surface area contributed by atoms with Crippen LogP contribution in [0.5, 0.6) is 0 Å². The minimum Gasteiger partial charge on any atom is -0.364 e. The van der Waals surface area contributed by atoms with Gasteiger partial charge in [-0.25, -0.2) is 23.4 Å². The number of benzene rings is 1. The fourth-order valence-corrected chi connectivity index (χ4v) is 3.44. The van der Waals surface area contributed by atoms with E-state index in [0.717, 1.165) is 17.5 Å². The maximum absolute atomic E-state index is 13.3. The lowest BCUT2D eigenvalue weighted by atomic mass is 10.2. The van der Waals surface area contributed by atoms with Crippen LogP contribution < -0.4 is 10.6 Å². The molecule has 148 valence electrons. The lowest BCUT2D eigenvalue weighted by molar-refractivity contribution is 0.0951. The highest BCUT2D eigenvalue weighted by Gasteiger charge is 2.12. The molecule has 0 aliphatic carbocycles. The van der Waals surface area contributed by atoms with Crippen molar-refractivity contribution < 1.29 is 13.6 Å². The van der Waals surface area contributed by atoms with E-state index in [-0.39, 0.29) is 12.1 Å². The Hall–Kier alpha value is -3.40. The molecule has 0 aliphatic heterocycles. The van der Waals surface area contributed by atoms with Crippen LogP contribution in [0.25, 0.3) is 11.0 Å². The van der Waals surface area contributed by atoms with Gasteiger partial charge in [-0.2, -0.15) is 5.10 Å². The summed E-state index contributed by atoms with van der Waals surface area (Å²) in [6, 6.07) is 7.05. The first-order valence-corrected chi connectivity index (χ1v) is 9.66. The molecule has 1 amide bonds. The van der Waals surface area contributed by atoms with Gasteiger partial charge in [0.05, 0.1) is 24.7 Å². The van der Waals surface area contributed by atoms with Gasteiger partial charge in [-0.3, -0.25) is 4.79 Å². The summed E-state index contributed by atoms with van der Waals surface area (Å²) in [6.45, 7) is 1.26. The SMILES string of the molecule is O=C(NCCn1ncc2c(NCc3cccs3)ncnc21)c1ccc(F)c(F)c1. The van der Waals surface area contributed by atoms with Gasteiger partial charge in [-0.05, 0) is 29.6 Å². The molecule has 3 aromatic heterocycles. The number of carbonyl (C=O) groups is 1. The summed E-state index contributed by atoms with van der Waals surface area (Å²) in [5, 5.41) is 13.0. The number of amides is 1. The first kappa shape index (κ1) is 18.9. The van der Waals surface area contributed by atoms with Crippen LogP contribution in [0.2, 0.25) is 0 Å². The van der Waals surface area contributed by atoms with Crippen molar-refractivity contribution in [1.29, 1.82) is 0 Å². The van der Waals surface area contributed by atoms with E-state index in [1.165, 1.54) is 17.3 Å². The Morgan fingerprint density at radius 1 is 1.17 bits per heavy atom. The molecule has 0 radical (unpaired) electrons. The van der Waals surface area contributed by atoms with Crippen molar-refractivity contribution >= 4 is 34.1 Å². The number of nitrogens with one attached hydrogen (secondary N) is 2. The molecule has 0 saturated carbocycles. The molecule has 4 rings (SSSR count). The Labute approximate surface area is 168 Å². The van der Waals surface area contributed by atoms with Crippen LogP contribution in [0.4, 0.5) is 14.6 Å². The van der Waals surface area contributed by atoms with Crippen molar-refractivity contribution in [3.8, 4) is 0 Å². The van der Waals surface area contributed by atoms with Crippen molar-refractivity contribution in [3.05, 3.63) is 70.3 Å². The third kappa shape index (κ3) is 4.21. The number of fused-ring (bicyclic) bond motifs is 1. The Balaban J connectivity index is 1.40. The largest absolute Gasteiger partial charge is 0.364 e. The number of rotatable bonds is 7. The number of hydrogen-bond donors (Lipinski definition) is 2. The molecule has 0 saturated heterocycles. The molecular weight excluding hydrogens is 398 g/mol. The normalized spacial score (nSPS) is 11.0. The van der Waals surface area contributed by atoms with Crippen LogP contribution in [0.1, 0.15) is 15.2 Å². The highest BCUT2D eigenvalue weighted by atomic mass is 32.1. The molecular formula is C19H16F2N6OS. The van der Waals surface area contributed by atoms with Crippen LogP contribution in [0.15, 0.2) is 48.2 Å². The zero-order valence-corrected chi connectivity index (χ0v) is 15.9. The summed E-state index contributed by atoms with van der Waals surface area (Å²) >= 11 is 1.66. The lowest BCUT2D eigenvalue weighted by Gasteiger charge is -2.07. The molecule has 29 heavy (non-hydrogen) atoms. The topological polar surface area (TPSA) is 84.7 Å². The van der Waals surface area contributed by atoms with Crippen molar-refractivity contribution in [1.82, 2.24) is 25.1 Å². The zero-order chi connectivity index (χ0) is 20.2. The van der Waals surface area contributed by atoms with Crippen molar-refractivity contribution in [2.24, 2.45) is 0 Å². The lowest BCUT2D eigenvalue weighted by Crippen LogP contribution is -2.27. The van der Waals surface area contributed by atoms with Crippen LogP contribution in [0, 0.1) is 11.6 Å². The molecule has 0 aliphatic rings. The number of aromatic nitrogens is 4. The highest BCUT2D eigenvalue weighted by molar-refractivity contribution is 7.09. The van der Waals surface area contributed by atoms with Crippen LogP contribution in [0.3, 0.4) is 0 Å². The minimum absolute atomic E-state index is 0.0524. The Morgan fingerprint density at radius 3 is 2.86 bits per heavy atom. The summed E-state index contributed by atoms with van der Waals surface area (Å²) in [7, 11) is 0. The summed E-state index contributed by atoms with van der Waals surface area (Å²) in [6.07, 6.45) is 3.13. The van der Waals surface area contributed by atoms with Crippen LogP contribution >= 0.6 is 11.3 Å². The van der Waals surface area contributed by atoms with Gasteiger partial charge in [0, 0.05) is 17.0 Å². The first-order chi connectivity index (χ1) is 14.1. The molecule has 7 nitrogen and oxygen atoms in total. The quantitative estimate of drug-likeness (QED) is 0.485. The predicted molar refractivity (Wildman–Crippen MR) is 106 cm³/mol. The third-order valence-electron chi connectivity index (χ3n) is 4.23. The van der Waals surface area contributed by atoms with Gasteiger partial charge in [-0.1, -0.05) is 6.07 Å². The van der Waals surface area contributed by atoms with E-state index < -0.39 is 17.5 Å². The Bertz CT molecular complexity index is 1150. The molecule has 0 spiro atoms. The molecule has 0 fully saturated rings. The minimum atomic E-state index is -1.06. The van der Waals surface area contributed by atoms with E-state index in [1.54, 1.807) is 22.2 Å². The molecule has 1 aromatic carbocycles. The van der Waals surface area contributed by atoms with Gasteiger partial charge < -0.3 is 10.6 Å². The molecule has 10 heteroatoms. The number of carbonyl (C=O) groups excluding carboxylic acids is 1. The molecule has 0 unspecified atom stereocenters. The van der Waals surface area contributed by atoms with E-state index in [0.29, 0.717) is 24.6 Å². The van der Waals surface area contributed by atoms with E-state index in [1.807, 2.05) is 17.5 Å². The first-order valence-electron chi connectivity index (χ1n) is 8.78. The summed E-state index contributed by atoms with van der Waals surface area (Å²) in [5.41, 5.74) is 0.687. The van der Waals surface area contributed by atoms with Gasteiger partial charge in [0.1, 0.15) is 12.1 Å². The van der Waals surface area contributed by atoms with Crippen molar-refractivity contribution in [2.45, 2.75) is 13.1 Å². The summed E-state index contributed by atoms with van der Waals surface area (Å²) < 4.78 is 27.9. The smallest absolute Gasteiger partial charge is 0.251 e. The zero-order valence-electron chi connectivity index (χ0n) is 15.1. The van der Waals surface area contributed by atoms with Crippen LogP contribution in [-0.2, 0) is 13.1 Å². The predicted octanol–water partition coefficient (Wildman–Crippen LogP) is 3.21. The van der Waals surface area contributed by atoms with Gasteiger partial charge in [0.15, 0.2) is 17.3 Å². The highest BCUT2D eigenvalue weighted by Crippen LogP contribution is 2.20. The number of thiophene rings is 1. The van der Waals surface area contributed by atoms with Gasteiger partial charge in [-0.15, -0.1) is 11.3 Å². The summed E-state index contributed by atoms with van der Waals surface area (Å²) in [5.74, 6) is -1.86. The second kappa shape index (κ2) is 8.31. The monoisotopic (exact) mass is 414 g/mol. The molecule has 0 bridgehead atoms. The fourth-order valence-electron chi connectivity index (χ4n) is 2.80.